The van der Waals surface area contributed by atoms with Crippen molar-refractivity contribution in [2.45, 2.75) is 6.04 Å². The van der Waals surface area contributed by atoms with Gasteiger partial charge in [0.25, 0.3) is 0 Å². The van der Waals surface area contributed by atoms with Crippen LogP contribution < -0.4 is 11.1 Å². The predicted octanol–water partition coefficient (Wildman–Crippen LogP) is 0.625. The maximum Gasteiger partial charge on any atom is 0.337 e. The molecule has 6 heteroatoms. The van der Waals surface area contributed by atoms with Crippen LogP contribution in [0.1, 0.15) is 10.4 Å². The van der Waals surface area contributed by atoms with Crippen molar-refractivity contribution < 1.29 is 9.90 Å². The molecular formula is C14H22N4O2. The highest BCUT2D eigenvalue weighted by atomic mass is 16.4. The van der Waals surface area contributed by atoms with E-state index in [2.05, 4.69) is 29.2 Å². The second-order valence-electron chi connectivity index (χ2n) is 5.39. The third-order valence-corrected chi connectivity index (χ3v) is 3.78. The molecule has 1 heterocycles. The molecule has 0 aromatic heterocycles. The molecule has 0 bridgehead atoms. The zero-order valence-corrected chi connectivity index (χ0v) is 12.0. The molecule has 110 valence electrons. The van der Waals surface area contributed by atoms with E-state index in [4.69, 9.17) is 5.73 Å². The van der Waals surface area contributed by atoms with Gasteiger partial charge in [-0.2, -0.15) is 0 Å². The maximum atomic E-state index is 11.2. The molecule has 0 saturated carbocycles. The molecule has 1 aliphatic rings. The number of nitrogen functional groups attached to an aromatic ring is 1. The summed E-state index contributed by atoms with van der Waals surface area (Å²) in [6.07, 6.45) is 0. The predicted molar refractivity (Wildman–Crippen MR) is 80.2 cm³/mol. The average Bonchev–Trinajstić information content (AvgIpc) is 2.39. The molecule has 1 aromatic rings. The monoisotopic (exact) mass is 278 g/mol. The molecule has 1 fully saturated rings. The molecule has 0 spiro atoms. The molecule has 2 rings (SSSR count). The number of carboxylic acid groups (broad SMARTS) is 1. The quantitative estimate of drug-likeness (QED) is 0.701. The van der Waals surface area contributed by atoms with Crippen LogP contribution in [-0.2, 0) is 0 Å². The lowest BCUT2D eigenvalue weighted by Crippen LogP contribution is -2.52. The highest BCUT2D eigenvalue weighted by Crippen LogP contribution is 2.20. The largest absolute Gasteiger partial charge is 0.478 e. The number of rotatable bonds is 4. The second-order valence-corrected chi connectivity index (χ2v) is 5.39. The summed E-state index contributed by atoms with van der Waals surface area (Å²) in [7, 11) is 4.19. The highest BCUT2D eigenvalue weighted by Gasteiger charge is 2.22. The maximum absolute atomic E-state index is 11.2. The van der Waals surface area contributed by atoms with Gasteiger partial charge in [0.05, 0.1) is 11.3 Å². The normalized spacial score (nSPS) is 20.8. The minimum atomic E-state index is -0.943. The van der Waals surface area contributed by atoms with E-state index >= 15 is 0 Å². The van der Waals surface area contributed by atoms with Gasteiger partial charge in [0.2, 0.25) is 0 Å². The number of piperazine rings is 1. The Bertz CT molecular complexity index is 492. The van der Waals surface area contributed by atoms with E-state index in [1.54, 1.807) is 12.1 Å². The van der Waals surface area contributed by atoms with Gasteiger partial charge < -0.3 is 21.1 Å². The number of hydrogen-bond donors (Lipinski definition) is 3. The van der Waals surface area contributed by atoms with E-state index in [0.29, 0.717) is 24.0 Å². The number of carbonyl (C=O) groups is 1. The molecule has 1 unspecified atom stereocenters. The summed E-state index contributed by atoms with van der Waals surface area (Å²) in [5.41, 5.74) is 7.13. The number of nitrogens with one attached hydrogen (secondary N) is 1. The molecule has 0 radical (unpaired) electrons. The van der Waals surface area contributed by atoms with Gasteiger partial charge in [0.1, 0.15) is 0 Å². The number of aromatic carboxylic acids is 1. The Kier molecular flexibility index (Phi) is 4.46. The average molecular weight is 278 g/mol. The number of likely N-dealkylation sites (N-methyl/N-ethyl adjacent to an activating group) is 2. The summed E-state index contributed by atoms with van der Waals surface area (Å²) >= 11 is 0. The fraction of sp³-hybridized carbons (Fsp3) is 0.500. The Balaban J connectivity index is 2.06. The fourth-order valence-electron chi connectivity index (χ4n) is 2.44. The van der Waals surface area contributed by atoms with Gasteiger partial charge in [-0.3, -0.25) is 4.90 Å². The van der Waals surface area contributed by atoms with Gasteiger partial charge in [-0.25, -0.2) is 4.79 Å². The van der Waals surface area contributed by atoms with Crippen molar-refractivity contribution in [3.8, 4) is 0 Å². The second kappa shape index (κ2) is 6.11. The number of nitrogens with zero attached hydrogens (tertiary/aromatic N) is 2. The number of nitrogens with two attached hydrogens (primary N) is 1. The van der Waals surface area contributed by atoms with Crippen LogP contribution in [0.4, 0.5) is 11.4 Å². The minimum Gasteiger partial charge on any atom is -0.478 e. The van der Waals surface area contributed by atoms with Crippen molar-refractivity contribution in [3.63, 3.8) is 0 Å². The Labute approximate surface area is 119 Å². The number of anilines is 2. The summed E-state index contributed by atoms with van der Waals surface area (Å²) in [5, 5.41) is 12.4. The molecule has 1 aliphatic heterocycles. The Morgan fingerprint density at radius 2 is 2.20 bits per heavy atom. The van der Waals surface area contributed by atoms with E-state index in [0.717, 1.165) is 19.6 Å². The Hall–Kier alpha value is -1.79. The van der Waals surface area contributed by atoms with Crippen molar-refractivity contribution in [2.24, 2.45) is 0 Å². The summed E-state index contributed by atoms with van der Waals surface area (Å²) in [4.78, 5) is 15.8. The van der Waals surface area contributed by atoms with Crippen molar-refractivity contribution in [2.75, 3.05) is 51.3 Å². The summed E-state index contributed by atoms with van der Waals surface area (Å²) in [6.45, 7) is 3.75. The first-order valence-electron chi connectivity index (χ1n) is 6.73. The standard InChI is InChI=1S/C14H22N4O2/c1-17-5-6-18(2)11(9-17)8-16-13-7-10(15)3-4-12(13)14(19)20/h3-4,7,11,16H,5-6,8-9,15H2,1-2H3,(H,19,20). The van der Waals surface area contributed by atoms with Crippen molar-refractivity contribution >= 4 is 17.3 Å². The van der Waals surface area contributed by atoms with E-state index in [9.17, 15) is 9.90 Å². The topological polar surface area (TPSA) is 81.8 Å². The number of benzene rings is 1. The molecule has 1 aromatic carbocycles. The van der Waals surface area contributed by atoms with Crippen LogP contribution in [0, 0.1) is 0 Å². The van der Waals surface area contributed by atoms with Crippen molar-refractivity contribution in [3.05, 3.63) is 23.8 Å². The third kappa shape index (κ3) is 3.40. The first-order valence-corrected chi connectivity index (χ1v) is 6.73. The van der Waals surface area contributed by atoms with Crippen LogP contribution in [0.5, 0.6) is 0 Å². The Morgan fingerprint density at radius 3 is 2.90 bits per heavy atom. The van der Waals surface area contributed by atoms with Gasteiger partial charge in [-0.05, 0) is 32.3 Å². The van der Waals surface area contributed by atoms with Crippen LogP contribution in [0.15, 0.2) is 18.2 Å². The molecule has 6 nitrogen and oxygen atoms in total. The lowest BCUT2D eigenvalue weighted by atomic mass is 10.1. The minimum absolute atomic E-state index is 0.256. The highest BCUT2D eigenvalue weighted by molar-refractivity contribution is 5.95. The van der Waals surface area contributed by atoms with E-state index < -0.39 is 5.97 Å². The molecule has 1 atom stereocenters. The number of carboxylic acids is 1. The van der Waals surface area contributed by atoms with Crippen LogP contribution >= 0.6 is 0 Å². The summed E-state index contributed by atoms with van der Waals surface area (Å²) in [6, 6.07) is 5.18. The smallest absolute Gasteiger partial charge is 0.337 e. The summed E-state index contributed by atoms with van der Waals surface area (Å²) < 4.78 is 0. The molecule has 20 heavy (non-hydrogen) atoms. The van der Waals surface area contributed by atoms with Gasteiger partial charge in [0, 0.05) is 37.9 Å². The lowest BCUT2D eigenvalue weighted by Gasteiger charge is -2.38. The Morgan fingerprint density at radius 1 is 1.45 bits per heavy atom. The zero-order valence-electron chi connectivity index (χ0n) is 12.0. The van der Waals surface area contributed by atoms with Crippen LogP contribution in [-0.4, -0.2) is 67.2 Å². The van der Waals surface area contributed by atoms with Gasteiger partial charge in [-0.1, -0.05) is 0 Å². The van der Waals surface area contributed by atoms with Crippen LogP contribution in [0.25, 0.3) is 0 Å². The molecule has 0 aliphatic carbocycles. The zero-order chi connectivity index (χ0) is 14.7. The molecular weight excluding hydrogens is 256 g/mol. The number of hydrogen-bond acceptors (Lipinski definition) is 5. The summed E-state index contributed by atoms with van der Waals surface area (Å²) in [5.74, 6) is -0.943. The van der Waals surface area contributed by atoms with Gasteiger partial charge in [0.15, 0.2) is 0 Å². The van der Waals surface area contributed by atoms with Crippen LogP contribution in [0.2, 0.25) is 0 Å². The van der Waals surface area contributed by atoms with E-state index in [1.165, 1.54) is 6.07 Å². The fourth-order valence-corrected chi connectivity index (χ4v) is 2.44. The molecule has 4 N–H and O–H groups in total. The van der Waals surface area contributed by atoms with E-state index in [-0.39, 0.29) is 5.56 Å². The van der Waals surface area contributed by atoms with E-state index in [1.807, 2.05) is 0 Å². The van der Waals surface area contributed by atoms with Gasteiger partial charge >= 0.3 is 5.97 Å². The SMILES string of the molecule is CN1CCN(C)C(CNc2cc(N)ccc2C(=O)O)C1. The van der Waals surface area contributed by atoms with Crippen molar-refractivity contribution in [1.29, 1.82) is 0 Å². The first kappa shape index (κ1) is 14.6. The lowest BCUT2D eigenvalue weighted by molar-refractivity contribution is 0.0698. The molecule has 1 saturated heterocycles. The first-order chi connectivity index (χ1) is 9.47. The van der Waals surface area contributed by atoms with Gasteiger partial charge in [-0.15, -0.1) is 0 Å². The van der Waals surface area contributed by atoms with Crippen LogP contribution in [0.3, 0.4) is 0 Å². The van der Waals surface area contributed by atoms with Crippen molar-refractivity contribution in [1.82, 2.24) is 9.80 Å². The third-order valence-electron chi connectivity index (χ3n) is 3.78. The molecule has 0 amide bonds.